The minimum Gasteiger partial charge on any atom is -0.497 e. The number of carbonyl (C=O) groups excluding carboxylic acids is 2. The van der Waals surface area contributed by atoms with Gasteiger partial charge in [-0.3, -0.25) is 14.6 Å². The zero-order chi connectivity index (χ0) is 25.2. The molecule has 0 radical (unpaired) electrons. The number of hydrogen-bond donors (Lipinski definition) is 1. The first-order valence-corrected chi connectivity index (χ1v) is 11.3. The molecular weight excluding hydrogens is 446 g/mol. The molecule has 1 heterocycles. The Kier molecular flexibility index (Phi) is 9.06. The normalized spacial score (nSPS) is 11.3. The number of amides is 2. The van der Waals surface area contributed by atoms with E-state index in [9.17, 15) is 9.59 Å². The maximum atomic E-state index is 13.5. The van der Waals surface area contributed by atoms with Gasteiger partial charge < -0.3 is 24.4 Å². The summed E-state index contributed by atoms with van der Waals surface area (Å²) in [5, 5.41) is 2.88. The van der Waals surface area contributed by atoms with Crippen molar-refractivity contribution >= 4 is 11.8 Å². The maximum Gasteiger partial charge on any atom is 0.242 e. The molecule has 1 aromatic heterocycles. The van der Waals surface area contributed by atoms with E-state index in [1.54, 1.807) is 51.5 Å². The summed E-state index contributed by atoms with van der Waals surface area (Å²) < 4.78 is 15.9. The summed E-state index contributed by atoms with van der Waals surface area (Å²) in [6.07, 6.45) is 1.78. The van der Waals surface area contributed by atoms with Crippen molar-refractivity contribution in [1.29, 1.82) is 0 Å². The molecule has 0 aliphatic heterocycles. The number of hydrogen-bond acceptors (Lipinski definition) is 6. The standard InChI is InChI=1S/C27H31N3O5/c1-19(27(32)29-17-22-7-5-6-14-28-22)30(18-20-8-11-23(33-2)12-9-20)26(31)16-21-10-13-24(34-3)25(15-21)35-4/h5-15,19H,16-18H2,1-4H3,(H,29,32). The van der Waals surface area contributed by atoms with E-state index in [2.05, 4.69) is 10.3 Å². The second-order valence-corrected chi connectivity index (χ2v) is 7.95. The van der Waals surface area contributed by atoms with Crippen molar-refractivity contribution in [1.82, 2.24) is 15.2 Å². The molecule has 8 heteroatoms. The van der Waals surface area contributed by atoms with Gasteiger partial charge in [0.25, 0.3) is 0 Å². The van der Waals surface area contributed by atoms with Gasteiger partial charge in [-0.25, -0.2) is 0 Å². The molecule has 1 unspecified atom stereocenters. The summed E-state index contributed by atoms with van der Waals surface area (Å²) >= 11 is 0. The predicted octanol–water partition coefficient (Wildman–Crippen LogP) is 3.38. The summed E-state index contributed by atoms with van der Waals surface area (Å²) in [5.41, 5.74) is 2.38. The average molecular weight is 478 g/mol. The van der Waals surface area contributed by atoms with Crippen molar-refractivity contribution in [3.8, 4) is 17.2 Å². The van der Waals surface area contributed by atoms with Crippen LogP contribution in [0.1, 0.15) is 23.7 Å². The lowest BCUT2D eigenvalue weighted by atomic mass is 10.1. The average Bonchev–Trinajstić information content (AvgIpc) is 2.90. The van der Waals surface area contributed by atoms with Crippen molar-refractivity contribution in [3.63, 3.8) is 0 Å². The van der Waals surface area contributed by atoms with E-state index in [0.717, 1.165) is 22.6 Å². The van der Waals surface area contributed by atoms with Crippen LogP contribution in [0, 0.1) is 0 Å². The maximum absolute atomic E-state index is 13.5. The van der Waals surface area contributed by atoms with E-state index in [0.29, 0.717) is 11.5 Å². The van der Waals surface area contributed by atoms with Gasteiger partial charge in [0, 0.05) is 12.7 Å². The van der Waals surface area contributed by atoms with Crippen LogP contribution < -0.4 is 19.5 Å². The van der Waals surface area contributed by atoms with Crippen molar-refractivity contribution in [3.05, 3.63) is 83.7 Å². The van der Waals surface area contributed by atoms with E-state index in [4.69, 9.17) is 14.2 Å². The highest BCUT2D eigenvalue weighted by molar-refractivity contribution is 5.88. The van der Waals surface area contributed by atoms with Crippen LogP contribution in [0.4, 0.5) is 0 Å². The monoisotopic (exact) mass is 477 g/mol. The molecule has 0 aliphatic rings. The van der Waals surface area contributed by atoms with Crippen LogP contribution in [0.5, 0.6) is 17.2 Å². The SMILES string of the molecule is COc1ccc(CN(C(=O)Cc2ccc(OC)c(OC)c2)C(C)C(=O)NCc2ccccn2)cc1. The second kappa shape index (κ2) is 12.4. The molecular formula is C27H31N3O5. The van der Waals surface area contributed by atoms with Crippen LogP contribution in [-0.2, 0) is 29.1 Å². The Balaban J connectivity index is 1.79. The van der Waals surface area contributed by atoms with Gasteiger partial charge in [0.15, 0.2) is 11.5 Å². The van der Waals surface area contributed by atoms with Crippen molar-refractivity contribution in [2.45, 2.75) is 32.5 Å². The van der Waals surface area contributed by atoms with Crippen LogP contribution in [0.25, 0.3) is 0 Å². The summed E-state index contributed by atoms with van der Waals surface area (Å²) in [4.78, 5) is 32.3. The Morgan fingerprint density at radius 2 is 1.63 bits per heavy atom. The Morgan fingerprint density at radius 3 is 2.26 bits per heavy atom. The minimum absolute atomic E-state index is 0.106. The Hall–Kier alpha value is -4.07. The molecule has 0 saturated carbocycles. The smallest absolute Gasteiger partial charge is 0.242 e. The molecule has 1 N–H and O–H groups in total. The molecule has 3 rings (SSSR count). The molecule has 1 atom stereocenters. The summed E-state index contributed by atoms with van der Waals surface area (Å²) in [6.45, 7) is 2.28. The van der Waals surface area contributed by atoms with E-state index >= 15 is 0 Å². The fourth-order valence-corrected chi connectivity index (χ4v) is 3.61. The molecule has 8 nitrogen and oxygen atoms in total. The van der Waals surface area contributed by atoms with Crippen molar-refractivity contribution in [2.75, 3.05) is 21.3 Å². The number of nitrogens with zero attached hydrogens (tertiary/aromatic N) is 2. The van der Waals surface area contributed by atoms with Crippen LogP contribution in [0.2, 0.25) is 0 Å². The molecule has 2 amide bonds. The van der Waals surface area contributed by atoms with Crippen LogP contribution in [-0.4, -0.2) is 49.1 Å². The van der Waals surface area contributed by atoms with Gasteiger partial charge in [-0.15, -0.1) is 0 Å². The number of rotatable bonds is 11. The highest BCUT2D eigenvalue weighted by atomic mass is 16.5. The van der Waals surface area contributed by atoms with Crippen LogP contribution >= 0.6 is 0 Å². The third kappa shape index (κ3) is 6.96. The lowest BCUT2D eigenvalue weighted by molar-refractivity contribution is -0.140. The van der Waals surface area contributed by atoms with E-state index in [1.165, 1.54) is 0 Å². The number of nitrogens with one attached hydrogen (secondary N) is 1. The van der Waals surface area contributed by atoms with Gasteiger partial charge in [0.05, 0.1) is 40.0 Å². The zero-order valence-electron chi connectivity index (χ0n) is 20.5. The lowest BCUT2D eigenvalue weighted by Gasteiger charge is -2.29. The highest BCUT2D eigenvalue weighted by Gasteiger charge is 2.26. The van der Waals surface area contributed by atoms with Gasteiger partial charge in [-0.2, -0.15) is 0 Å². The largest absolute Gasteiger partial charge is 0.497 e. The number of aromatic nitrogens is 1. The number of benzene rings is 2. The molecule has 2 aromatic carbocycles. The number of carbonyl (C=O) groups is 2. The third-order valence-electron chi connectivity index (χ3n) is 5.65. The molecule has 0 fully saturated rings. The van der Waals surface area contributed by atoms with Gasteiger partial charge in [-0.1, -0.05) is 24.3 Å². The quantitative estimate of drug-likeness (QED) is 0.455. The number of methoxy groups -OCH3 is 3. The number of pyridine rings is 1. The van der Waals surface area contributed by atoms with Crippen molar-refractivity contribution in [2.24, 2.45) is 0 Å². The van der Waals surface area contributed by atoms with Gasteiger partial charge in [0.1, 0.15) is 11.8 Å². The molecule has 3 aromatic rings. The van der Waals surface area contributed by atoms with Crippen LogP contribution in [0.3, 0.4) is 0 Å². The topological polar surface area (TPSA) is 90.0 Å². The molecule has 0 spiro atoms. The Labute approximate surface area is 205 Å². The summed E-state index contributed by atoms with van der Waals surface area (Å²) in [5.74, 6) is 1.40. The Morgan fingerprint density at radius 1 is 0.914 bits per heavy atom. The first-order valence-electron chi connectivity index (χ1n) is 11.3. The predicted molar refractivity (Wildman–Crippen MR) is 132 cm³/mol. The molecule has 184 valence electrons. The third-order valence-corrected chi connectivity index (χ3v) is 5.65. The summed E-state index contributed by atoms with van der Waals surface area (Å²) in [7, 11) is 4.71. The Bertz CT molecular complexity index is 1120. The van der Waals surface area contributed by atoms with Crippen molar-refractivity contribution < 1.29 is 23.8 Å². The van der Waals surface area contributed by atoms with Gasteiger partial charge in [0.2, 0.25) is 11.8 Å². The van der Waals surface area contributed by atoms with E-state index in [1.807, 2.05) is 48.5 Å². The first-order chi connectivity index (χ1) is 16.9. The fraction of sp³-hybridized carbons (Fsp3) is 0.296. The zero-order valence-corrected chi connectivity index (χ0v) is 20.5. The van der Waals surface area contributed by atoms with Gasteiger partial charge >= 0.3 is 0 Å². The van der Waals surface area contributed by atoms with Crippen LogP contribution in [0.15, 0.2) is 66.9 Å². The lowest BCUT2D eigenvalue weighted by Crippen LogP contribution is -2.48. The summed E-state index contributed by atoms with van der Waals surface area (Å²) in [6, 6.07) is 17.6. The molecule has 0 bridgehead atoms. The second-order valence-electron chi connectivity index (χ2n) is 7.95. The molecule has 0 aliphatic carbocycles. The molecule has 0 saturated heterocycles. The highest BCUT2D eigenvalue weighted by Crippen LogP contribution is 2.28. The van der Waals surface area contributed by atoms with E-state index < -0.39 is 6.04 Å². The molecule has 35 heavy (non-hydrogen) atoms. The minimum atomic E-state index is -0.701. The van der Waals surface area contributed by atoms with Gasteiger partial charge in [-0.05, 0) is 54.4 Å². The van der Waals surface area contributed by atoms with E-state index in [-0.39, 0.29) is 31.3 Å². The fourth-order valence-electron chi connectivity index (χ4n) is 3.61. The number of ether oxygens (including phenoxy) is 3. The first kappa shape index (κ1) is 25.6.